The first-order valence-electron chi connectivity index (χ1n) is 8.76. The van der Waals surface area contributed by atoms with Gasteiger partial charge in [0.05, 0.1) is 5.69 Å². The Morgan fingerprint density at radius 2 is 1.42 bits per heavy atom. The second-order valence-electron chi connectivity index (χ2n) is 6.57. The van der Waals surface area contributed by atoms with Crippen LogP contribution in [0.4, 0.5) is 0 Å². The first-order valence-corrected chi connectivity index (χ1v) is 8.76. The van der Waals surface area contributed by atoms with Crippen LogP contribution in [-0.4, -0.2) is 4.98 Å². The van der Waals surface area contributed by atoms with E-state index in [1.165, 1.54) is 33.4 Å². The molecule has 0 amide bonds. The van der Waals surface area contributed by atoms with Crippen LogP contribution >= 0.6 is 0 Å². The molecule has 1 aromatic heterocycles. The Morgan fingerprint density at radius 3 is 2.12 bits per heavy atom. The lowest BCUT2D eigenvalue weighted by Crippen LogP contribution is -2.17. The van der Waals surface area contributed by atoms with Crippen molar-refractivity contribution in [3.63, 3.8) is 0 Å². The first-order chi connectivity index (χ1) is 11.6. The monoisotopic (exact) mass is 315 g/mol. The smallest absolute Gasteiger partial charge is 0.0748 e. The maximum Gasteiger partial charge on any atom is 0.0748 e. The molecule has 1 aliphatic rings. The second-order valence-corrected chi connectivity index (χ2v) is 6.57. The van der Waals surface area contributed by atoms with Gasteiger partial charge in [-0.25, -0.2) is 0 Å². The SMILES string of the molecule is CC.Cc1ccnc2c1C(C)(C)c1c(-c3ccccc3)cccc1-2. The summed E-state index contributed by atoms with van der Waals surface area (Å²) in [6, 6.07) is 19.4. The summed E-state index contributed by atoms with van der Waals surface area (Å²) in [5.41, 5.74) is 9.10. The van der Waals surface area contributed by atoms with Crippen LogP contribution in [0, 0.1) is 6.92 Å². The molecule has 1 nitrogen and oxygen atoms in total. The molecule has 0 unspecified atom stereocenters. The largest absolute Gasteiger partial charge is 0.256 e. The summed E-state index contributed by atoms with van der Waals surface area (Å²) < 4.78 is 0. The number of benzene rings is 2. The highest BCUT2D eigenvalue weighted by Gasteiger charge is 2.39. The lowest BCUT2D eigenvalue weighted by molar-refractivity contribution is 0.656. The predicted molar refractivity (Wildman–Crippen MR) is 103 cm³/mol. The van der Waals surface area contributed by atoms with Crippen molar-refractivity contribution in [1.82, 2.24) is 4.98 Å². The minimum atomic E-state index is -0.0184. The zero-order valence-corrected chi connectivity index (χ0v) is 15.2. The van der Waals surface area contributed by atoms with Crippen LogP contribution in [0.1, 0.15) is 44.4 Å². The summed E-state index contributed by atoms with van der Waals surface area (Å²) in [4.78, 5) is 4.69. The third-order valence-corrected chi connectivity index (χ3v) is 4.81. The topological polar surface area (TPSA) is 12.9 Å². The number of fused-ring (bicyclic) bond motifs is 3. The standard InChI is InChI=1S/C21H19N.C2H6/c1-14-12-13-22-20-17-11-7-10-16(15-8-5-4-6-9-15)19(17)21(2,3)18(14)20;1-2/h4-13H,1-3H3;1-2H3. The minimum absolute atomic E-state index is 0.0184. The van der Waals surface area contributed by atoms with Crippen LogP contribution in [0.5, 0.6) is 0 Å². The van der Waals surface area contributed by atoms with E-state index in [4.69, 9.17) is 4.98 Å². The fourth-order valence-electron chi connectivity index (χ4n) is 3.96. The summed E-state index contributed by atoms with van der Waals surface area (Å²) in [6.07, 6.45) is 1.93. The zero-order chi connectivity index (χ0) is 17.3. The van der Waals surface area contributed by atoms with Gasteiger partial charge in [0.2, 0.25) is 0 Å². The first kappa shape index (κ1) is 16.4. The van der Waals surface area contributed by atoms with Gasteiger partial charge in [-0.15, -0.1) is 0 Å². The average molecular weight is 315 g/mol. The number of rotatable bonds is 1. The van der Waals surface area contributed by atoms with E-state index in [0.717, 1.165) is 5.69 Å². The Balaban J connectivity index is 0.000000815. The lowest BCUT2D eigenvalue weighted by Gasteiger charge is -2.25. The number of hydrogen-bond donors (Lipinski definition) is 0. The fourth-order valence-corrected chi connectivity index (χ4v) is 3.96. The van der Waals surface area contributed by atoms with E-state index in [1.807, 2.05) is 20.0 Å². The van der Waals surface area contributed by atoms with Crippen molar-refractivity contribution in [2.75, 3.05) is 0 Å². The second kappa shape index (κ2) is 6.24. The van der Waals surface area contributed by atoms with Crippen LogP contribution < -0.4 is 0 Å². The molecule has 1 heteroatoms. The highest BCUT2D eigenvalue weighted by molar-refractivity contribution is 5.86. The van der Waals surface area contributed by atoms with Gasteiger partial charge in [0.1, 0.15) is 0 Å². The molecule has 122 valence electrons. The molecule has 0 radical (unpaired) electrons. The van der Waals surface area contributed by atoms with Gasteiger partial charge in [0.15, 0.2) is 0 Å². The number of pyridine rings is 1. The normalized spacial score (nSPS) is 13.5. The summed E-state index contributed by atoms with van der Waals surface area (Å²) in [6.45, 7) is 10.8. The van der Waals surface area contributed by atoms with Gasteiger partial charge < -0.3 is 0 Å². The predicted octanol–water partition coefficient (Wildman–Crippen LogP) is 6.39. The van der Waals surface area contributed by atoms with E-state index >= 15 is 0 Å². The molecule has 0 N–H and O–H groups in total. The quantitative estimate of drug-likeness (QED) is 0.507. The van der Waals surface area contributed by atoms with E-state index in [2.05, 4.69) is 75.4 Å². The summed E-state index contributed by atoms with van der Waals surface area (Å²) in [7, 11) is 0. The molecule has 4 rings (SSSR count). The van der Waals surface area contributed by atoms with Crippen molar-refractivity contribution >= 4 is 0 Å². The molecular weight excluding hydrogens is 290 g/mol. The van der Waals surface area contributed by atoms with Crippen LogP contribution in [0.2, 0.25) is 0 Å². The van der Waals surface area contributed by atoms with Crippen molar-refractivity contribution in [1.29, 1.82) is 0 Å². The Labute approximate surface area is 145 Å². The number of nitrogens with zero attached hydrogens (tertiary/aromatic N) is 1. The molecule has 1 heterocycles. The van der Waals surface area contributed by atoms with E-state index in [9.17, 15) is 0 Å². The van der Waals surface area contributed by atoms with Gasteiger partial charge >= 0.3 is 0 Å². The van der Waals surface area contributed by atoms with Crippen LogP contribution in [0.15, 0.2) is 60.8 Å². The van der Waals surface area contributed by atoms with Crippen molar-refractivity contribution in [2.24, 2.45) is 0 Å². The van der Waals surface area contributed by atoms with Gasteiger partial charge in [-0.05, 0) is 40.8 Å². The molecule has 0 spiro atoms. The molecule has 0 atom stereocenters. The Morgan fingerprint density at radius 1 is 0.750 bits per heavy atom. The molecule has 2 aromatic carbocycles. The molecule has 0 saturated carbocycles. The van der Waals surface area contributed by atoms with Crippen LogP contribution in [0.25, 0.3) is 22.4 Å². The van der Waals surface area contributed by atoms with Gasteiger partial charge in [-0.2, -0.15) is 0 Å². The van der Waals surface area contributed by atoms with E-state index in [-0.39, 0.29) is 5.41 Å². The third kappa shape index (κ3) is 2.36. The molecular formula is C23H25N. The summed E-state index contributed by atoms with van der Waals surface area (Å²) in [5, 5.41) is 0. The highest BCUT2D eigenvalue weighted by Crippen LogP contribution is 2.52. The average Bonchev–Trinajstić information content (AvgIpc) is 2.86. The molecule has 24 heavy (non-hydrogen) atoms. The van der Waals surface area contributed by atoms with E-state index < -0.39 is 0 Å². The lowest BCUT2D eigenvalue weighted by atomic mass is 9.78. The molecule has 0 fully saturated rings. The molecule has 0 bridgehead atoms. The maximum atomic E-state index is 4.69. The van der Waals surface area contributed by atoms with Crippen molar-refractivity contribution in [3.05, 3.63) is 77.5 Å². The van der Waals surface area contributed by atoms with Crippen molar-refractivity contribution in [3.8, 4) is 22.4 Å². The molecule has 0 aliphatic heterocycles. The van der Waals surface area contributed by atoms with Gasteiger partial charge in [0, 0.05) is 17.2 Å². The molecule has 3 aromatic rings. The fraction of sp³-hybridized carbons (Fsp3) is 0.261. The Kier molecular flexibility index (Phi) is 4.28. The summed E-state index contributed by atoms with van der Waals surface area (Å²) >= 11 is 0. The maximum absolute atomic E-state index is 4.69. The van der Waals surface area contributed by atoms with Gasteiger partial charge in [-0.3, -0.25) is 4.98 Å². The highest BCUT2D eigenvalue weighted by atomic mass is 14.7. The number of aryl methyl sites for hydroxylation is 1. The van der Waals surface area contributed by atoms with Crippen molar-refractivity contribution < 1.29 is 0 Å². The zero-order valence-electron chi connectivity index (χ0n) is 15.2. The van der Waals surface area contributed by atoms with Gasteiger partial charge in [0.25, 0.3) is 0 Å². The number of hydrogen-bond acceptors (Lipinski definition) is 1. The number of aromatic nitrogens is 1. The van der Waals surface area contributed by atoms with Crippen molar-refractivity contribution in [2.45, 2.75) is 40.0 Å². The van der Waals surface area contributed by atoms with E-state index in [1.54, 1.807) is 0 Å². The van der Waals surface area contributed by atoms with E-state index in [0.29, 0.717) is 0 Å². The Hall–Kier alpha value is -2.41. The van der Waals surface area contributed by atoms with Crippen LogP contribution in [-0.2, 0) is 5.41 Å². The van der Waals surface area contributed by atoms with Gasteiger partial charge in [-0.1, -0.05) is 76.2 Å². The van der Waals surface area contributed by atoms with Crippen LogP contribution in [0.3, 0.4) is 0 Å². The summed E-state index contributed by atoms with van der Waals surface area (Å²) in [5.74, 6) is 0. The molecule has 1 aliphatic carbocycles. The minimum Gasteiger partial charge on any atom is -0.256 e. The Bertz CT molecular complexity index is 860. The molecule has 0 saturated heterocycles. The third-order valence-electron chi connectivity index (χ3n) is 4.81.